The Kier molecular flexibility index (Phi) is 6.73. The normalized spacial score (nSPS) is 29.9. The maximum Gasteiger partial charge on any atom is 0.390 e. The van der Waals surface area contributed by atoms with Crippen LogP contribution in [0.1, 0.15) is 104 Å². The minimum atomic E-state index is -4.67. The Labute approximate surface area is 283 Å². The van der Waals surface area contributed by atoms with E-state index in [2.05, 4.69) is 21.6 Å². The number of sulfonamides is 1. The zero-order valence-corrected chi connectivity index (χ0v) is 28.3. The molecule has 5 fully saturated rings. The molecular weight excluding hydrogens is 655 g/mol. The van der Waals surface area contributed by atoms with Crippen LogP contribution < -0.4 is 9.46 Å². The number of alkyl halides is 3. The Morgan fingerprint density at radius 1 is 1.00 bits per heavy atom. The van der Waals surface area contributed by atoms with Crippen molar-refractivity contribution in [2.24, 2.45) is 10.8 Å². The molecule has 9 rings (SSSR count). The molecule has 260 valence electrons. The number of hydrogen-bond acceptors (Lipinski definition) is 5. The summed E-state index contributed by atoms with van der Waals surface area (Å²) in [5.41, 5.74) is 4.86. The zero-order chi connectivity index (χ0) is 34.1. The monoisotopic (exact) mass is 695 g/mol. The highest BCUT2D eigenvalue weighted by Crippen LogP contribution is 2.72. The zero-order valence-electron chi connectivity index (χ0n) is 27.4. The molecule has 4 unspecified atom stereocenters. The molecule has 3 heterocycles. The molecule has 1 saturated heterocycles. The number of aromatic nitrogens is 1. The van der Waals surface area contributed by atoms with Crippen LogP contribution in [0.4, 0.5) is 13.2 Å². The number of carbonyl (C=O) groups is 2. The topological polar surface area (TPSA) is 97.7 Å². The van der Waals surface area contributed by atoms with Gasteiger partial charge in [-0.1, -0.05) is 25.3 Å². The first kappa shape index (κ1) is 31.4. The highest BCUT2D eigenvalue weighted by Gasteiger charge is 2.75. The number of hydrogen-bond donors (Lipinski definition) is 1. The Bertz CT molecular complexity index is 2020. The number of likely N-dealkylation sites (tertiary alicyclic amines) is 1. The average Bonchev–Trinajstić information content (AvgIpc) is 3.71. The SMILES string of the molecule is COc1ccc2c(c1)C1CC1(C(=O)N1C3CCC34CCC14)Cn1c-2c(C2CCCCC2)c2ccc(C(=O)NS(=O)(=O)CCC(F)(F)F)cc21. The number of nitrogens with zero attached hydrogens (tertiary/aromatic N) is 2. The number of piperidine rings is 2. The molecular formula is C37H40F3N3O5S. The van der Waals surface area contributed by atoms with Gasteiger partial charge in [-0.05, 0) is 92.3 Å². The summed E-state index contributed by atoms with van der Waals surface area (Å²) in [6, 6.07) is 11.9. The number of rotatable bonds is 7. The molecule has 4 saturated carbocycles. The first-order valence-corrected chi connectivity index (χ1v) is 19.3. The molecule has 49 heavy (non-hydrogen) atoms. The number of benzene rings is 2. The van der Waals surface area contributed by atoms with E-state index in [4.69, 9.17) is 4.74 Å². The lowest BCUT2D eigenvalue weighted by molar-refractivity contribution is -0.259. The van der Waals surface area contributed by atoms with Gasteiger partial charge in [-0.2, -0.15) is 13.2 Å². The number of halogens is 3. The molecule has 1 spiro atoms. The Balaban J connectivity index is 1.18. The van der Waals surface area contributed by atoms with Gasteiger partial charge in [0.1, 0.15) is 5.75 Å². The van der Waals surface area contributed by atoms with E-state index >= 15 is 0 Å². The van der Waals surface area contributed by atoms with Gasteiger partial charge in [0.05, 0.1) is 30.4 Å². The van der Waals surface area contributed by atoms with Crippen molar-refractivity contribution in [3.05, 3.63) is 53.1 Å². The van der Waals surface area contributed by atoms with Gasteiger partial charge in [-0.15, -0.1) is 0 Å². The van der Waals surface area contributed by atoms with Gasteiger partial charge in [0.2, 0.25) is 15.9 Å². The standard InChI is InChI=1S/C37H40F3N3O5S/c1-48-23-8-10-24-26(18-23)27-19-36(27,34(45)43-29-11-13-35(29)14-12-30(35)43)20-42-28-17-22(33(44)41-49(46,47)16-15-37(38,39)40)7-9-25(28)31(32(24)42)21-5-3-2-4-6-21/h7-10,17-18,21,27,29-30H,2-6,11-16,19-20H2,1H3,(H,41,44). The van der Waals surface area contributed by atoms with Crippen LogP contribution in [0.25, 0.3) is 22.2 Å². The van der Waals surface area contributed by atoms with Crippen LogP contribution in [0, 0.1) is 10.8 Å². The van der Waals surface area contributed by atoms with Gasteiger partial charge >= 0.3 is 6.18 Å². The van der Waals surface area contributed by atoms with Gasteiger partial charge in [0.25, 0.3) is 5.91 Å². The molecule has 6 aliphatic rings. The van der Waals surface area contributed by atoms with Gasteiger partial charge in [0.15, 0.2) is 0 Å². The molecule has 2 aromatic carbocycles. The van der Waals surface area contributed by atoms with Crippen molar-refractivity contribution in [1.82, 2.24) is 14.2 Å². The van der Waals surface area contributed by atoms with Crippen LogP contribution in [0.15, 0.2) is 36.4 Å². The summed E-state index contributed by atoms with van der Waals surface area (Å²) in [7, 11) is -2.87. The third-order valence-electron chi connectivity index (χ3n) is 13.1. The minimum Gasteiger partial charge on any atom is -0.497 e. The summed E-state index contributed by atoms with van der Waals surface area (Å²) in [5, 5.41) is 0.961. The summed E-state index contributed by atoms with van der Waals surface area (Å²) >= 11 is 0. The summed E-state index contributed by atoms with van der Waals surface area (Å²) in [6.45, 7) is 0.434. The highest BCUT2D eigenvalue weighted by atomic mass is 32.2. The van der Waals surface area contributed by atoms with Gasteiger partial charge < -0.3 is 14.2 Å². The summed E-state index contributed by atoms with van der Waals surface area (Å²) in [4.78, 5) is 30.3. The van der Waals surface area contributed by atoms with Crippen molar-refractivity contribution >= 4 is 32.7 Å². The Morgan fingerprint density at radius 2 is 1.73 bits per heavy atom. The predicted molar refractivity (Wildman–Crippen MR) is 177 cm³/mol. The van der Waals surface area contributed by atoms with E-state index in [0.717, 1.165) is 72.0 Å². The first-order valence-electron chi connectivity index (χ1n) is 17.6. The second kappa shape index (κ2) is 10.5. The van der Waals surface area contributed by atoms with E-state index in [1.54, 1.807) is 19.2 Å². The number of carbonyl (C=O) groups excluding carboxylic acids is 2. The second-order valence-corrected chi connectivity index (χ2v) is 17.3. The Morgan fingerprint density at radius 3 is 2.39 bits per heavy atom. The average molecular weight is 696 g/mol. The van der Waals surface area contributed by atoms with Crippen LogP contribution in [0.2, 0.25) is 0 Å². The maximum atomic E-state index is 14.8. The van der Waals surface area contributed by atoms with E-state index in [9.17, 15) is 31.2 Å². The molecule has 2 aliphatic heterocycles. The van der Waals surface area contributed by atoms with Crippen molar-refractivity contribution in [3.63, 3.8) is 0 Å². The van der Waals surface area contributed by atoms with Crippen molar-refractivity contribution < 1.29 is 35.9 Å². The minimum absolute atomic E-state index is 0.0136. The second-order valence-electron chi connectivity index (χ2n) is 15.5. The quantitative estimate of drug-likeness (QED) is 0.287. The van der Waals surface area contributed by atoms with E-state index < -0.39 is 39.7 Å². The smallest absolute Gasteiger partial charge is 0.390 e. The van der Waals surface area contributed by atoms with Crippen molar-refractivity contribution in [2.75, 3.05) is 12.9 Å². The fraction of sp³-hybridized carbons (Fsp3) is 0.568. The number of methoxy groups -OCH3 is 1. The molecule has 3 aromatic rings. The maximum absolute atomic E-state index is 14.8. The molecule has 0 radical (unpaired) electrons. The number of nitrogens with one attached hydrogen (secondary N) is 1. The van der Waals surface area contributed by atoms with Crippen molar-refractivity contribution in [3.8, 4) is 17.0 Å². The summed E-state index contributed by atoms with van der Waals surface area (Å²) in [6.07, 6.45) is 4.44. The predicted octanol–water partition coefficient (Wildman–Crippen LogP) is 7.02. The Hall–Kier alpha value is -3.54. The lowest BCUT2D eigenvalue weighted by Crippen LogP contribution is -2.83. The summed E-state index contributed by atoms with van der Waals surface area (Å²) in [5.74, 6) is -0.966. The van der Waals surface area contributed by atoms with Crippen LogP contribution in [0.5, 0.6) is 5.75 Å². The molecule has 8 nitrogen and oxygen atoms in total. The number of fused-ring (bicyclic) bond motifs is 7. The van der Waals surface area contributed by atoms with Gasteiger partial charge in [0, 0.05) is 52.0 Å². The molecule has 0 bridgehead atoms. The molecule has 1 N–H and O–H groups in total. The van der Waals surface area contributed by atoms with Gasteiger partial charge in [-0.3, -0.25) is 9.59 Å². The molecule has 12 heteroatoms. The summed E-state index contributed by atoms with van der Waals surface area (Å²) < 4.78 is 73.1. The highest BCUT2D eigenvalue weighted by molar-refractivity contribution is 7.90. The molecule has 1 aromatic heterocycles. The van der Waals surface area contributed by atoms with E-state index in [0.29, 0.717) is 30.5 Å². The van der Waals surface area contributed by atoms with E-state index in [1.165, 1.54) is 24.8 Å². The third-order valence-corrected chi connectivity index (χ3v) is 14.4. The number of ether oxygens (including phenoxy) is 1. The van der Waals surface area contributed by atoms with Crippen molar-refractivity contribution in [2.45, 2.75) is 107 Å². The fourth-order valence-corrected chi connectivity index (χ4v) is 11.4. The van der Waals surface area contributed by atoms with Crippen LogP contribution in [0.3, 0.4) is 0 Å². The first-order chi connectivity index (χ1) is 23.4. The van der Waals surface area contributed by atoms with Crippen LogP contribution in [-0.4, -0.2) is 60.8 Å². The molecule has 4 aliphatic carbocycles. The van der Waals surface area contributed by atoms with Gasteiger partial charge in [-0.25, -0.2) is 13.1 Å². The van der Waals surface area contributed by atoms with E-state index in [1.807, 2.05) is 16.9 Å². The lowest BCUT2D eigenvalue weighted by Gasteiger charge is -2.77. The van der Waals surface area contributed by atoms with Crippen LogP contribution >= 0.6 is 0 Å². The number of amides is 2. The molecule has 2 amide bonds. The molecule has 4 atom stereocenters. The lowest BCUT2D eigenvalue weighted by atomic mass is 9.42. The van der Waals surface area contributed by atoms with E-state index in [-0.39, 0.29) is 23.3 Å². The van der Waals surface area contributed by atoms with Crippen molar-refractivity contribution in [1.29, 1.82) is 0 Å². The largest absolute Gasteiger partial charge is 0.497 e. The fourth-order valence-electron chi connectivity index (χ4n) is 10.4. The van der Waals surface area contributed by atoms with Crippen LogP contribution in [-0.2, 0) is 21.4 Å². The third kappa shape index (κ3) is 4.57.